The second-order valence-corrected chi connectivity index (χ2v) is 4.28. The fourth-order valence-corrected chi connectivity index (χ4v) is 1.93. The van der Waals surface area contributed by atoms with Gasteiger partial charge in [0.15, 0.2) is 0 Å². The molecule has 1 aromatic rings. The molecule has 1 fully saturated rings. The first-order chi connectivity index (χ1) is 7.16. The maximum absolute atomic E-state index is 12.1. The van der Waals surface area contributed by atoms with Crippen molar-refractivity contribution in [2.75, 3.05) is 6.54 Å². The summed E-state index contributed by atoms with van der Waals surface area (Å²) in [6.07, 6.45) is -0.175. The maximum Gasteiger partial charge on any atom is 0.242 e. The van der Waals surface area contributed by atoms with Gasteiger partial charge in [0.05, 0.1) is 0 Å². The van der Waals surface area contributed by atoms with Crippen molar-refractivity contribution in [2.45, 2.75) is 31.1 Å². The molecule has 0 aromatic heterocycles. The molecule has 1 saturated carbocycles. The zero-order chi connectivity index (χ0) is 10.9. The average molecular weight is 211 g/mol. The van der Waals surface area contributed by atoms with Gasteiger partial charge in [0.25, 0.3) is 0 Å². The summed E-state index contributed by atoms with van der Waals surface area (Å²) in [6.45, 7) is 0.654. The molecule has 0 spiro atoms. The molecule has 1 aliphatic rings. The lowest BCUT2D eigenvalue weighted by Gasteiger charge is -2.13. The minimum atomic E-state index is -2.26. The highest BCUT2D eigenvalue weighted by Gasteiger charge is 2.42. The molecule has 0 atom stereocenters. The van der Waals surface area contributed by atoms with Crippen LogP contribution in [-0.2, 0) is 11.8 Å². The molecule has 0 radical (unpaired) electrons. The lowest BCUT2D eigenvalue weighted by molar-refractivity contribution is 0.149. The van der Waals surface area contributed by atoms with Crippen molar-refractivity contribution in [1.29, 1.82) is 0 Å². The van der Waals surface area contributed by atoms with Gasteiger partial charge in [-0.1, -0.05) is 24.3 Å². The molecular weight excluding hydrogens is 196 g/mol. The highest BCUT2D eigenvalue weighted by atomic mass is 19.3. The highest BCUT2D eigenvalue weighted by molar-refractivity contribution is 5.34. The van der Waals surface area contributed by atoms with Crippen LogP contribution >= 0.6 is 0 Å². The van der Waals surface area contributed by atoms with Gasteiger partial charge < -0.3 is 5.73 Å². The summed E-state index contributed by atoms with van der Waals surface area (Å²) in [7, 11) is 0. The largest absolute Gasteiger partial charge is 0.330 e. The Hall–Kier alpha value is -0.960. The molecule has 2 N–H and O–H groups in total. The quantitative estimate of drug-likeness (QED) is 0.813. The fourth-order valence-electron chi connectivity index (χ4n) is 1.93. The van der Waals surface area contributed by atoms with Crippen molar-refractivity contribution < 1.29 is 8.78 Å². The standard InChI is InChI=1S/C12H15F2N/c13-11(14)7-9-1-3-10(4-2-9)12(8-15)5-6-12/h1-4,11H,5-8,15H2. The normalized spacial score (nSPS) is 18.1. The zero-order valence-electron chi connectivity index (χ0n) is 8.55. The second kappa shape index (κ2) is 3.89. The SMILES string of the molecule is NCC1(c2ccc(CC(F)F)cc2)CC1. The number of nitrogens with two attached hydrogens (primary N) is 1. The molecule has 1 aliphatic carbocycles. The van der Waals surface area contributed by atoms with E-state index in [9.17, 15) is 8.78 Å². The van der Waals surface area contributed by atoms with Crippen LogP contribution in [0.1, 0.15) is 24.0 Å². The molecule has 0 heterocycles. The number of benzene rings is 1. The number of halogens is 2. The highest BCUT2D eigenvalue weighted by Crippen LogP contribution is 2.47. The molecule has 0 saturated heterocycles. The summed E-state index contributed by atoms with van der Waals surface area (Å²) in [5.41, 5.74) is 7.75. The molecule has 0 aliphatic heterocycles. The van der Waals surface area contributed by atoms with Crippen LogP contribution in [0.2, 0.25) is 0 Å². The van der Waals surface area contributed by atoms with E-state index in [1.807, 2.05) is 12.1 Å². The monoisotopic (exact) mass is 211 g/mol. The van der Waals surface area contributed by atoms with Crippen LogP contribution < -0.4 is 5.73 Å². The van der Waals surface area contributed by atoms with E-state index in [4.69, 9.17) is 5.73 Å². The Balaban J connectivity index is 2.10. The van der Waals surface area contributed by atoms with Crippen molar-refractivity contribution in [3.05, 3.63) is 35.4 Å². The Morgan fingerprint density at radius 2 is 1.80 bits per heavy atom. The van der Waals surface area contributed by atoms with Gasteiger partial charge in [0.1, 0.15) is 0 Å². The van der Waals surface area contributed by atoms with Crippen LogP contribution in [-0.4, -0.2) is 13.0 Å². The van der Waals surface area contributed by atoms with Crippen molar-refractivity contribution in [1.82, 2.24) is 0 Å². The van der Waals surface area contributed by atoms with Crippen LogP contribution in [0.4, 0.5) is 8.78 Å². The Kier molecular flexibility index (Phi) is 2.74. The average Bonchev–Trinajstić information content (AvgIpc) is 2.99. The third-order valence-corrected chi connectivity index (χ3v) is 3.20. The van der Waals surface area contributed by atoms with Crippen molar-refractivity contribution in [3.8, 4) is 0 Å². The summed E-state index contributed by atoms with van der Waals surface area (Å²) >= 11 is 0. The first-order valence-corrected chi connectivity index (χ1v) is 5.24. The Bertz CT molecular complexity index is 328. The summed E-state index contributed by atoms with van der Waals surface area (Å²) in [4.78, 5) is 0. The fraction of sp³-hybridized carbons (Fsp3) is 0.500. The van der Waals surface area contributed by atoms with E-state index in [1.165, 1.54) is 5.56 Å². The van der Waals surface area contributed by atoms with Gasteiger partial charge in [-0.3, -0.25) is 0 Å². The number of hydrogen-bond acceptors (Lipinski definition) is 1. The first-order valence-electron chi connectivity index (χ1n) is 5.24. The van der Waals surface area contributed by atoms with Crippen LogP contribution in [0.5, 0.6) is 0 Å². The number of hydrogen-bond donors (Lipinski definition) is 1. The lowest BCUT2D eigenvalue weighted by atomic mass is 9.95. The molecule has 2 rings (SSSR count). The maximum atomic E-state index is 12.1. The summed E-state index contributed by atoms with van der Waals surface area (Å²) in [5, 5.41) is 0. The van der Waals surface area contributed by atoms with Crippen molar-refractivity contribution >= 4 is 0 Å². The van der Waals surface area contributed by atoms with Crippen LogP contribution in [0.3, 0.4) is 0 Å². The van der Waals surface area contributed by atoms with Gasteiger partial charge in [-0.25, -0.2) is 8.78 Å². The molecule has 1 aromatic carbocycles. The molecule has 82 valence electrons. The molecule has 3 heteroatoms. The van der Waals surface area contributed by atoms with Crippen LogP contribution in [0, 0.1) is 0 Å². The third kappa shape index (κ3) is 2.17. The van der Waals surface area contributed by atoms with E-state index >= 15 is 0 Å². The minimum absolute atomic E-state index is 0.156. The van der Waals surface area contributed by atoms with Gasteiger partial charge >= 0.3 is 0 Å². The Morgan fingerprint density at radius 1 is 1.20 bits per heavy atom. The summed E-state index contributed by atoms with van der Waals surface area (Å²) < 4.78 is 24.2. The molecule has 15 heavy (non-hydrogen) atoms. The molecular formula is C12H15F2N. The van der Waals surface area contributed by atoms with E-state index in [2.05, 4.69) is 0 Å². The van der Waals surface area contributed by atoms with Gasteiger partial charge in [0, 0.05) is 18.4 Å². The van der Waals surface area contributed by atoms with Crippen molar-refractivity contribution in [2.24, 2.45) is 5.73 Å². The van der Waals surface area contributed by atoms with E-state index in [0.717, 1.165) is 12.8 Å². The zero-order valence-corrected chi connectivity index (χ0v) is 8.55. The molecule has 1 nitrogen and oxygen atoms in total. The predicted molar refractivity (Wildman–Crippen MR) is 56.1 cm³/mol. The van der Waals surface area contributed by atoms with Crippen LogP contribution in [0.25, 0.3) is 0 Å². The van der Waals surface area contributed by atoms with E-state index in [1.54, 1.807) is 12.1 Å². The van der Waals surface area contributed by atoms with Gasteiger partial charge in [-0.05, 0) is 24.0 Å². The first kappa shape index (κ1) is 10.6. The minimum Gasteiger partial charge on any atom is -0.330 e. The summed E-state index contributed by atoms with van der Waals surface area (Å²) in [6, 6.07) is 7.46. The Morgan fingerprint density at radius 3 is 2.20 bits per heavy atom. The van der Waals surface area contributed by atoms with Crippen molar-refractivity contribution in [3.63, 3.8) is 0 Å². The van der Waals surface area contributed by atoms with E-state index < -0.39 is 6.43 Å². The van der Waals surface area contributed by atoms with Crippen LogP contribution in [0.15, 0.2) is 24.3 Å². The Labute approximate surface area is 88.3 Å². The molecule has 0 unspecified atom stereocenters. The number of rotatable bonds is 4. The smallest absolute Gasteiger partial charge is 0.242 e. The number of alkyl halides is 2. The topological polar surface area (TPSA) is 26.0 Å². The third-order valence-electron chi connectivity index (χ3n) is 3.20. The van der Waals surface area contributed by atoms with E-state index in [0.29, 0.717) is 12.1 Å². The van der Waals surface area contributed by atoms with Gasteiger partial charge in [0.2, 0.25) is 6.43 Å². The second-order valence-electron chi connectivity index (χ2n) is 4.28. The predicted octanol–water partition coefficient (Wildman–Crippen LogP) is 2.48. The summed E-state index contributed by atoms with van der Waals surface area (Å²) in [5.74, 6) is 0. The molecule has 0 amide bonds. The van der Waals surface area contributed by atoms with E-state index in [-0.39, 0.29) is 11.8 Å². The lowest BCUT2D eigenvalue weighted by Crippen LogP contribution is -2.19. The van der Waals surface area contributed by atoms with Gasteiger partial charge in [-0.2, -0.15) is 0 Å². The van der Waals surface area contributed by atoms with Gasteiger partial charge in [-0.15, -0.1) is 0 Å². The molecule has 0 bridgehead atoms.